The van der Waals surface area contributed by atoms with Gasteiger partial charge in [0.1, 0.15) is 6.04 Å². The number of hydrogen-bond donors (Lipinski definition) is 1. The molecule has 1 atom stereocenters. The predicted octanol–water partition coefficient (Wildman–Crippen LogP) is 3.99. The van der Waals surface area contributed by atoms with Gasteiger partial charge in [0.15, 0.2) is 17.4 Å². The Morgan fingerprint density at radius 2 is 1.53 bits per heavy atom. The maximum Gasteiger partial charge on any atom is 0.248 e. The van der Waals surface area contributed by atoms with Crippen LogP contribution in [0.2, 0.25) is 0 Å². The first-order chi connectivity index (χ1) is 15.1. The second kappa shape index (κ2) is 9.27. The van der Waals surface area contributed by atoms with Crippen molar-refractivity contribution in [2.75, 3.05) is 15.9 Å². The summed E-state index contributed by atoms with van der Waals surface area (Å²) < 4.78 is 52.4. The number of halogens is 2. The first-order valence-corrected chi connectivity index (χ1v) is 11.4. The molecule has 0 aliphatic carbocycles. The van der Waals surface area contributed by atoms with Crippen LogP contribution in [-0.4, -0.2) is 32.4 Å². The number of sulfonamides is 1. The zero-order valence-corrected chi connectivity index (χ0v) is 18.1. The van der Waals surface area contributed by atoms with Crippen LogP contribution in [0, 0.1) is 11.6 Å². The van der Waals surface area contributed by atoms with Gasteiger partial charge in [0.2, 0.25) is 15.9 Å². The maximum atomic E-state index is 13.7. The molecule has 0 aliphatic heterocycles. The van der Waals surface area contributed by atoms with Gasteiger partial charge in [-0.15, -0.1) is 0 Å². The Labute approximate surface area is 184 Å². The topological polar surface area (TPSA) is 83.6 Å². The fraction of sp³-hybridized carbons (Fsp3) is 0.130. The highest BCUT2D eigenvalue weighted by Gasteiger charge is 2.30. The molecule has 0 radical (unpaired) electrons. The molecule has 0 bridgehead atoms. The number of hydrogen-bond acceptors (Lipinski definition) is 4. The molecule has 1 unspecified atom stereocenters. The number of carbonyl (C=O) groups excluding carboxylic acids is 2. The number of benzene rings is 3. The molecular weight excluding hydrogens is 438 g/mol. The van der Waals surface area contributed by atoms with Crippen molar-refractivity contribution in [3.63, 3.8) is 0 Å². The van der Waals surface area contributed by atoms with E-state index < -0.39 is 33.6 Å². The number of amides is 1. The molecule has 32 heavy (non-hydrogen) atoms. The van der Waals surface area contributed by atoms with Crippen molar-refractivity contribution < 1.29 is 26.8 Å². The lowest BCUT2D eigenvalue weighted by Crippen LogP contribution is -2.45. The van der Waals surface area contributed by atoms with Crippen LogP contribution in [0.5, 0.6) is 0 Å². The molecule has 3 aromatic carbocycles. The van der Waals surface area contributed by atoms with E-state index in [4.69, 9.17) is 0 Å². The van der Waals surface area contributed by atoms with E-state index >= 15 is 0 Å². The minimum absolute atomic E-state index is 0.192. The predicted molar refractivity (Wildman–Crippen MR) is 118 cm³/mol. The lowest BCUT2D eigenvalue weighted by molar-refractivity contribution is -0.116. The molecule has 0 aliphatic rings. The first-order valence-electron chi connectivity index (χ1n) is 9.53. The van der Waals surface area contributed by atoms with Crippen molar-refractivity contribution in [2.45, 2.75) is 13.0 Å². The maximum absolute atomic E-state index is 13.7. The minimum Gasteiger partial charge on any atom is -0.324 e. The molecule has 166 valence electrons. The standard InChI is InChI=1S/C23H20F2N2O4S/c1-15(27(32(2,30)31)17-12-13-19(24)20(25)14-17)23(29)26-21-11-7-6-10-18(21)22(28)16-8-4-3-5-9-16/h3-15H,1-2H3,(H,26,29). The average Bonchev–Trinajstić information content (AvgIpc) is 2.76. The third kappa shape index (κ3) is 5.00. The lowest BCUT2D eigenvalue weighted by atomic mass is 10.0. The van der Waals surface area contributed by atoms with Crippen LogP contribution in [0.3, 0.4) is 0 Å². The summed E-state index contributed by atoms with van der Waals surface area (Å²) in [4.78, 5) is 25.8. The summed E-state index contributed by atoms with van der Waals surface area (Å²) in [5.41, 5.74) is 0.624. The Balaban J connectivity index is 1.92. The van der Waals surface area contributed by atoms with Crippen molar-refractivity contribution in [2.24, 2.45) is 0 Å². The van der Waals surface area contributed by atoms with Crippen LogP contribution in [-0.2, 0) is 14.8 Å². The van der Waals surface area contributed by atoms with E-state index in [1.54, 1.807) is 48.5 Å². The zero-order valence-electron chi connectivity index (χ0n) is 17.2. The Hall–Kier alpha value is -3.59. The minimum atomic E-state index is -4.04. The average molecular weight is 458 g/mol. The van der Waals surface area contributed by atoms with Crippen molar-refractivity contribution >= 4 is 33.1 Å². The second-order valence-electron chi connectivity index (χ2n) is 7.06. The number of anilines is 2. The molecule has 0 saturated carbocycles. The van der Waals surface area contributed by atoms with Crippen molar-refractivity contribution in [3.05, 3.63) is 95.6 Å². The van der Waals surface area contributed by atoms with Gasteiger partial charge in [-0.05, 0) is 31.2 Å². The van der Waals surface area contributed by atoms with E-state index in [-0.39, 0.29) is 22.7 Å². The third-order valence-corrected chi connectivity index (χ3v) is 5.95. The summed E-state index contributed by atoms with van der Waals surface area (Å²) in [7, 11) is -4.04. The van der Waals surface area contributed by atoms with Crippen molar-refractivity contribution in [1.29, 1.82) is 0 Å². The Bertz CT molecular complexity index is 1260. The Kier molecular flexibility index (Phi) is 6.69. The summed E-state index contributed by atoms with van der Waals surface area (Å²) in [6.45, 7) is 1.30. The SMILES string of the molecule is CC(C(=O)Nc1ccccc1C(=O)c1ccccc1)N(c1ccc(F)c(F)c1)S(C)(=O)=O. The number of rotatable bonds is 7. The highest BCUT2D eigenvalue weighted by molar-refractivity contribution is 7.92. The molecule has 3 aromatic rings. The molecule has 3 rings (SSSR count). The van der Waals surface area contributed by atoms with E-state index in [1.807, 2.05) is 0 Å². The van der Waals surface area contributed by atoms with Crippen molar-refractivity contribution in [3.8, 4) is 0 Å². The normalized spacial score (nSPS) is 12.1. The number of para-hydroxylation sites is 1. The fourth-order valence-electron chi connectivity index (χ4n) is 3.20. The van der Waals surface area contributed by atoms with Gasteiger partial charge in [-0.25, -0.2) is 17.2 Å². The van der Waals surface area contributed by atoms with Gasteiger partial charge < -0.3 is 5.32 Å². The van der Waals surface area contributed by atoms with Gasteiger partial charge in [-0.3, -0.25) is 13.9 Å². The summed E-state index contributed by atoms with van der Waals surface area (Å²) in [6.07, 6.45) is 0.852. The van der Waals surface area contributed by atoms with Gasteiger partial charge >= 0.3 is 0 Å². The number of carbonyl (C=O) groups is 2. The van der Waals surface area contributed by atoms with Gasteiger partial charge in [0.05, 0.1) is 17.6 Å². The van der Waals surface area contributed by atoms with E-state index in [0.717, 1.165) is 18.4 Å². The van der Waals surface area contributed by atoms with Crippen LogP contribution in [0.15, 0.2) is 72.8 Å². The van der Waals surface area contributed by atoms with Crippen LogP contribution in [0.25, 0.3) is 0 Å². The first kappa shape index (κ1) is 23.1. The van der Waals surface area contributed by atoms with Crippen molar-refractivity contribution in [1.82, 2.24) is 0 Å². The smallest absolute Gasteiger partial charge is 0.248 e. The van der Waals surface area contributed by atoms with Crippen LogP contribution in [0.1, 0.15) is 22.8 Å². The fourth-order valence-corrected chi connectivity index (χ4v) is 4.37. The molecule has 0 fully saturated rings. The Morgan fingerprint density at radius 1 is 0.906 bits per heavy atom. The summed E-state index contributed by atoms with van der Waals surface area (Å²) in [5.74, 6) is -3.47. The molecule has 0 spiro atoms. The highest BCUT2D eigenvalue weighted by atomic mass is 32.2. The third-order valence-electron chi connectivity index (χ3n) is 4.71. The van der Waals surface area contributed by atoms with Gasteiger partial charge in [-0.1, -0.05) is 42.5 Å². The molecule has 0 heterocycles. The van der Waals surface area contributed by atoms with Gasteiger partial charge in [0, 0.05) is 17.2 Å². The van der Waals surface area contributed by atoms with E-state index in [1.165, 1.54) is 13.0 Å². The summed E-state index contributed by atoms with van der Waals surface area (Å²) in [5, 5.41) is 2.58. The zero-order chi connectivity index (χ0) is 23.5. The number of nitrogens with zero attached hydrogens (tertiary/aromatic N) is 1. The summed E-state index contributed by atoms with van der Waals surface area (Å²) in [6, 6.07) is 16.0. The molecule has 1 amide bonds. The molecule has 0 aromatic heterocycles. The highest BCUT2D eigenvalue weighted by Crippen LogP contribution is 2.25. The molecule has 6 nitrogen and oxygen atoms in total. The molecule has 9 heteroatoms. The largest absolute Gasteiger partial charge is 0.324 e. The van der Waals surface area contributed by atoms with E-state index in [0.29, 0.717) is 15.9 Å². The molecule has 0 saturated heterocycles. The Morgan fingerprint density at radius 3 is 2.16 bits per heavy atom. The van der Waals surface area contributed by atoms with Gasteiger partial charge in [0.25, 0.3) is 0 Å². The molecular formula is C23H20F2N2O4S. The van der Waals surface area contributed by atoms with E-state index in [9.17, 15) is 26.8 Å². The number of nitrogens with one attached hydrogen (secondary N) is 1. The lowest BCUT2D eigenvalue weighted by Gasteiger charge is -2.28. The number of ketones is 1. The van der Waals surface area contributed by atoms with E-state index in [2.05, 4.69) is 5.32 Å². The summed E-state index contributed by atoms with van der Waals surface area (Å²) >= 11 is 0. The quantitative estimate of drug-likeness (QED) is 0.543. The van der Waals surface area contributed by atoms with Crippen LogP contribution >= 0.6 is 0 Å². The van der Waals surface area contributed by atoms with Crippen LogP contribution in [0.4, 0.5) is 20.2 Å². The second-order valence-corrected chi connectivity index (χ2v) is 8.92. The van der Waals surface area contributed by atoms with Gasteiger partial charge in [-0.2, -0.15) is 0 Å². The monoisotopic (exact) mass is 458 g/mol. The molecule has 1 N–H and O–H groups in total. The van der Waals surface area contributed by atoms with Crippen LogP contribution < -0.4 is 9.62 Å².